The SMILES string of the molecule is COCCCCCc1cc(O)ccc1O. The number of phenols is 2. The van der Waals surface area contributed by atoms with E-state index in [4.69, 9.17) is 4.74 Å². The maximum Gasteiger partial charge on any atom is 0.119 e. The van der Waals surface area contributed by atoms with Crippen LogP contribution in [0.25, 0.3) is 0 Å². The molecule has 1 rings (SSSR count). The first-order valence-electron chi connectivity index (χ1n) is 5.24. The highest BCUT2D eigenvalue weighted by atomic mass is 16.5. The molecule has 0 spiro atoms. The Bertz CT molecular complexity index is 297. The molecule has 0 saturated carbocycles. The fraction of sp³-hybridized carbons (Fsp3) is 0.500. The monoisotopic (exact) mass is 210 g/mol. The molecule has 1 aromatic rings. The zero-order valence-corrected chi connectivity index (χ0v) is 9.07. The van der Waals surface area contributed by atoms with Crippen LogP contribution in [0.5, 0.6) is 11.5 Å². The third-order valence-electron chi connectivity index (χ3n) is 2.36. The smallest absolute Gasteiger partial charge is 0.119 e. The molecule has 1 aromatic carbocycles. The average molecular weight is 210 g/mol. The summed E-state index contributed by atoms with van der Waals surface area (Å²) in [5.41, 5.74) is 0.812. The largest absolute Gasteiger partial charge is 0.508 e. The summed E-state index contributed by atoms with van der Waals surface area (Å²) in [6, 6.07) is 4.63. The topological polar surface area (TPSA) is 49.7 Å². The molecule has 0 aliphatic heterocycles. The van der Waals surface area contributed by atoms with E-state index in [1.807, 2.05) is 0 Å². The van der Waals surface area contributed by atoms with Gasteiger partial charge in [-0.25, -0.2) is 0 Å². The van der Waals surface area contributed by atoms with Gasteiger partial charge < -0.3 is 14.9 Å². The van der Waals surface area contributed by atoms with Crippen molar-refractivity contribution in [3.05, 3.63) is 23.8 Å². The Kier molecular flexibility index (Phi) is 4.98. The van der Waals surface area contributed by atoms with Crippen LogP contribution in [-0.4, -0.2) is 23.9 Å². The number of rotatable bonds is 6. The minimum atomic E-state index is 0.208. The number of unbranched alkanes of at least 4 members (excludes halogenated alkanes) is 2. The first-order valence-corrected chi connectivity index (χ1v) is 5.24. The Labute approximate surface area is 90.3 Å². The molecule has 0 aromatic heterocycles. The molecule has 2 N–H and O–H groups in total. The molecular weight excluding hydrogens is 192 g/mol. The van der Waals surface area contributed by atoms with Crippen molar-refractivity contribution in [2.75, 3.05) is 13.7 Å². The molecule has 0 radical (unpaired) electrons. The Morgan fingerprint density at radius 3 is 2.67 bits per heavy atom. The number of hydrogen-bond acceptors (Lipinski definition) is 3. The van der Waals surface area contributed by atoms with Crippen molar-refractivity contribution in [1.29, 1.82) is 0 Å². The van der Waals surface area contributed by atoms with E-state index in [9.17, 15) is 10.2 Å². The summed E-state index contributed by atoms with van der Waals surface area (Å²) in [5, 5.41) is 18.7. The van der Waals surface area contributed by atoms with Crippen molar-refractivity contribution in [3.8, 4) is 11.5 Å². The maximum atomic E-state index is 9.50. The minimum Gasteiger partial charge on any atom is -0.508 e. The van der Waals surface area contributed by atoms with E-state index >= 15 is 0 Å². The standard InChI is InChI=1S/C12H18O3/c1-15-8-4-2-3-5-10-9-11(13)6-7-12(10)14/h6-7,9,13-14H,2-5,8H2,1H3. The van der Waals surface area contributed by atoms with E-state index in [0.717, 1.165) is 37.9 Å². The lowest BCUT2D eigenvalue weighted by Gasteiger charge is -2.05. The van der Waals surface area contributed by atoms with Crippen LogP contribution in [0.3, 0.4) is 0 Å². The Morgan fingerprint density at radius 1 is 1.13 bits per heavy atom. The van der Waals surface area contributed by atoms with Gasteiger partial charge in [-0.1, -0.05) is 6.42 Å². The second-order valence-electron chi connectivity index (χ2n) is 3.62. The lowest BCUT2D eigenvalue weighted by molar-refractivity contribution is 0.192. The number of benzene rings is 1. The van der Waals surface area contributed by atoms with E-state index in [2.05, 4.69) is 0 Å². The second-order valence-corrected chi connectivity index (χ2v) is 3.62. The first-order chi connectivity index (χ1) is 7.24. The summed E-state index contributed by atoms with van der Waals surface area (Å²) < 4.78 is 4.95. The van der Waals surface area contributed by atoms with Crippen molar-refractivity contribution < 1.29 is 14.9 Å². The molecule has 0 bridgehead atoms. The van der Waals surface area contributed by atoms with Crippen molar-refractivity contribution >= 4 is 0 Å². The molecule has 3 nitrogen and oxygen atoms in total. The Morgan fingerprint density at radius 2 is 1.93 bits per heavy atom. The summed E-state index contributed by atoms with van der Waals surface area (Å²) in [7, 11) is 1.70. The van der Waals surface area contributed by atoms with Crippen LogP contribution in [0.1, 0.15) is 24.8 Å². The van der Waals surface area contributed by atoms with Gasteiger partial charge in [0.05, 0.1) is 0 Å². The fourth-order valence-corrected chi connectivity index (χ4v) is 1.51. The highest BCUT2D eigenvalue weighted by molar-refractivity contribution is 5.38. The minimum absolute atomic E-state index is 0.208. The number of aromatic hydroxyl groups is 2. The van der Waals surface area contributed by atoms with Gasteiger partial charge in [0.15, 0.2) is 0 Å². The molecule has 0 heterocycles. The number of hydrogen-bond donors (Lipinski definition) is 2. The van der Waals surface area contributed by atoms with Crippen LogP contribution in [-0.2, 0) is 11.2 Å². The number of phenolic OH excluding ortho intramolecular Hbond substituents is 2. The highest BCUT2D eigenvalue weighted by Gasteiger charge is 2.01. The van der Waals surface area contributed by atoms with Crippen LogP contribution in [0.4, 0.5) is 0 Å². The maximum absolute atomic E-state index is 9.50. The van der Waals surface area contributed by atoms with E-state index < -0.39 is 0 Å². The molecule has 0 atom stereocenters. The van der Waals surface area contributed by atoms with Gasteiger partial charge >= 0.3 is 0 Å². The van der Waals surface area contributed by atoms with Crippen molar-refractivity contribution in [2.24, 2.45) is 0 Å². The summed E-state index contributed by atoms with van der Waals surface area (Å²) in [4.78, 5) is 0. The first kappa shape index (κ1) is 11.9. The Hall–Kier alpha value is -1.22. The third-order valence-corrected chi connectivity index (χ3v) is 2.36. The lowest BCUT2D eigenvalue weighted by Crippen LogP contribution is -1.91. The molecule has 0 unspecified atom stereocenters. The molecule has 3 heteroatoms. The van der Waals surface area contributed by atoms with Gasteiger partial charge in [0.2, 0.25) is 0 Å². The van der Waals surface area contributed by atoms with Gasteiger partial charge in [-0.2, -0.15) is 0 Å². The van der Waals surface area contributed by atoms with Crippen LogP contribution < -0.4 is 0 Å². The van der Waals surface area contributed by atoms with E-state index in [1.165, 1.54) is 12.1 Å². The van der Waals surface area contributed by atoms with E-state index in [-0.39, 0.29) is 11.5 Å². The molecule has 0 aliphatic carbocycles. The predicted molar refractivity (Wildman–Crippen MR) is 59.2 cm³/mol. The summed E-state index contributed by atoms with van der Waals surface area (Å²) in [6.45, 7) is 0.784. The summed E-state index contributed by atoms with van der Waals surface area (Å²) in [6.07, 6.45) is 3.91. The predicted octanol–water partition coefficient (Wildman–Crippen LogP) is 2.46. The molecular formula is C12H18O3. The van der Waals surface area contributed by atoms with E-state index in [0.29, 0.717) is 0 Å². The van der Waals surface area contributed by atoms with E-state index in [1.54, 1.807) is 13.2 Å². The summed E-state index contributed by atoms with van der Waals surface area (Å²) >= 11 is 0. The van der Waals surface area contributed by atoms with Crippen LogP contribution >= 0.6 is 0 Å². The fourth-order valence-electron chi connectivity index (χ4n) is 1.51. The quantitative estimate of drug-likeness (QED) is 0.560. The number of methoxy groups -OCH3 is 1. The summed E-state index contributed by atoms with van der Waals surface area (Å²) in [5.74, 6) is 0.472. The van der Waals surface area contributed by atoms with Crippen LogP contribution in [0.2, 0.25) is 0 Å². The lowest BCUT2D eigenvalue weighted by atomic mass is 10.1. The second kappa shape index (κ2) is 6.30. The highest BCUT2D eigenvalue weighted by Crippen LogP contribution is 2.23. The molecule has 0 saturated heterocycles. The number of aryl methyl sites for hydroxylation is 1. The molecule has 0 amide bonds. The van der Waals surface area contributed by atoms with Gasteiger partial charge in [-0.05, 0) is 43.0 Å². The Balaban J connectivity index is 2.33. The van der Waals surface area contributed by atoms with Crippen LogP contribution in [0, 0.1) is 0 Å². The van der Waals surface area contributed by atoms with Crippen LogP contribution in [0.15, 0.2) is 18.2 Å². The normalized spacial score (nSPS) is 10.5. The zero-order chi connectivity index (χ0) is 11.1. The average Bonchev–Trinajstić information content (AvgIpc) is 2.23. The van der Waals surface area contributed by atoms with Gasteiger partial charge in [-0.15, -0.1) is 0 Å². The molecule has 15 heavy (non-hydrogen) atoms. The van der Waals surface area contributed by atoms with Crippen molar-refractivity contribution in [3.63, 3.8) is 0 Å². The molecule has 84 valence electrons. The third kappa shape index (κ3) is 4.21. The van der Waals surface area contributed by atoms with Gasteiger partial charge in [-0.3, -0.25) is 0 Å². The van der Waals surface area contributed by atoms with Gasteiger partial charge in [0.1, 0.15) is 11.5 Å². The van der Waals surface area contributed by atoms with Crippen molar-refractivity contribution in [1.82, 2.24) is 0 Å². The molecule has 0 aliphatic rings. The molecule has 0 fully saturated rings. The van der Waals surface area contributed by atoms with Crippen molar-refractivity contribution in [2.45, 2.75) is 25.7 Å². The number of ether oxygens (including phenoxy) is 1. The zero-order valence-electron chi connectivity index (χ0n) is 9.07. The van der Waals surface area contributed by atoms with Gasteiger partial charge in [0, 0.05) is 13.7 Å². The van der Waals surface area contributed by atoms with Gasteiger partial charge in [0.25, 0.3) is 0 Å².